The molecule has 2 aromatic carbocycles. The van der Waals surface area contributed by atoms with E-state index in [4.69, 9.17) is 14.3 Å². The molecule has 1 aromatic heterocycles. The molecular weight excluding hydrogens is 361 g/mol. The molecule has 0 fully saturated rings. The molecule has 3 aromatic rings. The molecule has 0 amide bonds. The number of fused-ring (bicyclic) bond motifs is 3. The number of hydrogen-bond donors (Lipinski definition) is 1. The van der Waals surface area contributed by atoms with Crippen LogP contribution >= 0.6 is 0 Å². The van der Waals surface area contributed by atoms with Crippen molar-refractivity contribution >= 4 is 11.0 Å². The van der Waals surface area contributed by atoms with Crippen LogP contribution in [0.3, 0.4) is 0 Å². The van der Waals surface area contributed by atoms with Gasteiger partial charge in [-0.15, -0.1) is 0 Å². The summed E-state index contributed by atoms with van der Waals surface area (Å²) in [7, 11) is 0. The summed E-state index contributed by atoms with van der Waals surface area (Å²) in [5.74, 6) is 0.385. The number of hydrogen-bond acceptors (Lipinski definition) is 5. The monoisotopic (exact) mass is 383 g/mol. The summed E-state index contributed by atoms with van der Waals surface area (Å²) in [4.78, 5) is 15.2. The number of nitrogens with zero attached hydrogens (tertiary/aromatic N) is 1. The van der Waals surface area contributed by atoms with Gasteiger partial charge in [-0.25, -0.2) is 4.39 Å². The Balaban J connectivity index is 1.65. The van der Waals surface area contributed by atoms with Gasteiger partial charge in [-0.1, -0.05) is 12.1 Å². The predicted molar refractivity (Wildman–Crippen MR) is 105 cm³/mol. The van der Waals surface area contributed by atoms with Gasteiger partial charge in [-0.3, -0.25) is 9.69 Å². The van der Waals surface area contributed by atoms with Crippen molar-refractivity contribution in [1.29, 1.82) is 0 Å². The Morgan fingerprint density at radius 2 is 1.89 bits per heavy atom. The molecule has 28 heavy (non-hydrogen) atoms. The second-order valence-corrected chi connectivity index (χ2v) is 7.01. The van der Waals surface area contributed by atoms with E-state index >= 15 is 0 Å². The van der Waals surface area contributed by atoms with E-state index in [1.54, 1.807) is 18.2 Å². The maximum Gasteiger partial charge on any atom is 0.200 e. The molecule has 0 saturated heterocycles. The Labute approximate surface area is 162 Å². The highest BCUT2D eigenvalue weighted by atomic mass is 19.1. The summed E-state index contributed by atoms with van der Waals surface area (Å²) in [5, 5.41) is 9.39. The largest absolute Gasteiger partial charge is 0.478 e. The predicted octanol–water partition coefficient (Wildman–Crippen LogP) is 3.91. The van der Waals surface area contributed by atoms with Gasteiger partial charge in [0.25, 0.3) is 0 Å². The third kappa shape index (κ3) is 3.66. The molecule has 4 rings (SSSR count). The maximum atomic E-state index is 13.2. The summed E-state index contributed by atoms with van der Waals surface area (Å²) in [6.45, 7) is 2.21. The van der Waals surface area contributed by atoms with E-state index in [1.165, 1.54) is 18.4 Å². The van der Waals surface area contributed by atoms with E-state index in [9.17, 15) is 9.18 Å². The smallest absolute Gasteiger partial charge is 0.200 e. The Kier molecular flexibility index (Phi) is 5.41. The summed E-state index contributed by atoms with van der Waals surface area (Å²) < 4.78 is 24.9. The first kappa shape index (κ1) is 18.7. The Hall–Kier alpha value is -2.70. The van der Waals surface area contributed by atoms with Crippen LogP contribution in [0.25, 0.3) is 22.1 Å². The summed E-state index contributed by atoms with van der Waals surface area (Å²) in [6, 6.07) is 9.34. The average Bonchev–Trinajstić information content (AvgIpc) is 2.72. The Morgan fingerprint density at radius 3 is 2.68 bits per heavy atom. The van der Waals surface area contributed by atoms with Gasteiger partial charge in [-0.2, -0.15) is 0 Å². The van der Waals surface area contributed by atoms with Crippen LogP contribution in [-0.4, -0.2) is 29.9 Å². The van der Waals surface area contributed by atoms with Crippen LogP contribution < -0.4 is 10.2 Å². The average molecular weight is 383 g/mol. The van der Waals surface area contributed by atoms with E-state index in [0.29, 0.717) is 35.4 Å². The molecule has 0 atom stereocenters. The third-order valence-electron chi connectivity index (χ3n) is 5.07. The van der Waals surface area contributed by atoms with Crippen LogP contribution in [-0.2, 0) is 6.54 Å². The zero-order valence-corrected chi connectivity index (χ0v) is 15.5. The maximum absolute atomic E-state index is 13.2. The Bertz CT molecular complexity index is 1030. The van der Waals surface area contributed by atoms with Crippen molar-refractivity contribution in [3.63, 3.8) is 0 Å². The molecule has 1 aliphatic rings. The van der Waals surface area contributed by atoms with E-state index in [1.807, 2.05) is 6.07 Å². The van der Waals surface area contributed by atoms with Gasteiger partial charge >= 0.3 is 0 Å². The SMILES string of the molecule is O=c1c(-c2ccc(F)cc2)coc2c3c(ccc12)OCN(CCCCCO)C3. The van der Waals surface area contributed by atoms with Crippen LogP contribution in [0, 0.1) is 5.82 Å². The van der Waals surface area contributed by atoms with Gasteiger partial charge < -0.3 is 14.3 Å². The molecule has 0 unspecified atom stereocenters. The fraction of sp³-hybridized carbons (Fsp3) is 0.318. The second-order valence-electron chi connectivity index (χ2n) is 7.01. The van der Waals surface area contributed by atoms with E-state index in [0.717, 1.165) is 37.1 Å². The minimum absolute atomic E-state index is 0.143. The van der Waals surface area contributed by atoms with E-state index < -0.39 is 0 Å². The number of ether oxygens (including phenoxy) is 1. The van der Waals surface area contributed by atoms with Crippen molar-refractivity contribution in [2.45, 2.75) is 25.8 Å². The first-order valence-electron chi connectivity index (χ1n) is 9.46. The van der Waals surface area contributed by atoms with Crippen molar-refractivity contribution in [2.24, 2.45) is 0 Å². The molecule has 0 bridgehead atoms. The van der Waals surface area contributed by atoms with Crippen LogP contribution in [0.5, 0.6) is 5.75 Å². The van der Waals surface area contributed by atoms with Crippen LogP contribution in [0.15, 0.2) is 51.9 Å². The number of rotatable bonds is 6. The summed E-state index contributed by atoms with van der Waals surface area (Å²) in [6.07, 6.45) is 4.18. The highest BCUT2D eigenvalue weighted by molar-refractivity contribution is 5.85. The van der Waals surface area contributed by atoms with E-state index in [2.05, 4.69) is 4.90 Å². The summed E-state index contributed by atoms with van der Waals surface area (Å²) >= 11 is 0. The standard InChI is InChI=1S/C22H22FNO4/c23-16-6-4-15(5-7-16)19-13-27-22-17(21(19)26)8-9-20-18(22)12-24(14-28-20)10-2-1-3-11-25/h4-9,13,25H,1-3,10-12,14H2. The molecule has 0 aliphatic carbocycles. The fourth-order valence-electron chi connectivity index (χ4n) is 3.55. The Morgan fingerprint density at radius 1 is 1.07 bits per heavy atom. The van der Waals surface area contributed by atoms with Gasteiger partial charge in [0, 0.05) is 19.7 Å². The zero-order chi connectivity index (χ0) is 19.5. The van der Waals surface area contributed by atoms with Crippen molar-refractivity contribution in [1.82, 2.24) is 4.90 Å². The molecule has 0 spiro atoms. The summed E-state index contributed by atoms with van der Waals surface area (Å²) in [5.41, 5.74) is 2.29. The van der Waals surface area contributed by atoms with Crippen molar-refractivity contribution in [3.05, 3.63) is 64.3 Å². The normalized spacial score (nSPS) is 14.1. The lowest BCUT2D eigenvalue weighted by atomic mass is 10.0. The molecule has 1 N–H and O–H groups in total. The molecule has 0 saturated carbocycles. The van der Waals surface area contributed by atoms with Gasteiger partial charge in [0.05, 0.1) is 16.5 Å². The van der Waals surface area contributed by atoms with Crippen molar-refractivity contribution < 1.29 is 18.7 Å². The van der Waals surface area contributed by atoms with Crippen LogP contribution in [0.1, 0.15) is 24.8 Å². The van der Waals surface area contributed by atoms with Gasteiger partial charge in [0.2, 0.25) is 5.43 Å². The molecule has 1 aliphatic heterocycles. The molecule has 2 heterocycles. The number of aliphatic hydroxyl groups excluding tert-OH is 1. The number of halogens is 1. The molecule has 0 radical (unpaired) electrons. The highest BCUT2D eigenvalue weighted by Gasteiger charge is 2.22. The molecule has 5 nitrogen and oxygen atoms in total. The first-order valence-corrected chi connectivity index (χ1v) is 9.46. The lowest BCUT2D eigenvalue weighted by Gasteiger charge is -2.29. The second kappa shape index (κ2) is 8.12. The first-order chi connectivity index (χ1) is 13.7. The highest BCUT2D eigenvalue weighted by Crippen LogP contribution is 2.32. The lowest BCUT2D eigenvalue weighted by Crippen LogP contribution is -2.33. The van der Waals surface area contributed by atoms with Gasteiger partial charge in [0.1, 0.15) is 30.1 Å². The third-order valence-corrected chi connectivity index (χ3v) is 5.07. The van der Waals surface area contributed by atoms with Gasteiger partial charge in [0.15, 0.2) is 0 Å². The molecule has 6 heteroatoms. The number of unbranched alkanes of at least 4 members (excludes halogenated alkanes) is 2. The van der Waals surface area contributed by atoms with E-state index in [-0.39, 0.29) is 17.9 Å². The topological polar surface area (TPSA) is 62.9 Å². The minimum Gasteiger partial charge on any atom is -0.478 e. The van der Waals surface area contributed by atoms with Crippen LogP contribution in [0.2, 0.25) is 0 Å². The quantitative estimate of drug-likeness (QED) is 0.654. The molecular formula is C22H22FNO4. The molecule has 146 valence electrons. The van der Waals surface area contributed by atoms with Gasteiger partial charge in [-0.05, 0) is 49.1 Å². The zero-order valence-electron chi connectivity index (χ0n) is 15.5. The number of benzene rings is 2. The van der Waals surface area contributed by atoms with Crippen LogP contribution in [0.4, 0.5) is 4.39 Å². The fourth-order valence-corrected chi connectivity index (χ4v) is 3.55. The minimum atomic E-state index is -0.348. The van der Waals surface area contributed by atoms with Crippen molar-refractivity contribution in [2.75, 3.05) is 19.9 Å². The van der Waals surface area contributed by atoms with Crippen molar-refractivity contribution in [3.8, 4) is 16.9 Å². The lowest BCUT2D eigenvalue weighted by molar-refractivity contribution is 0.0933. The number of aliphatic hydroxyl groups is 1.